The molecule has 0 fully saturated rings. The molecule has 0 radical (unpaired) electrons. The summed E-state index contributed by atoms with van der Waals surface area (Å²) in [6.45, 7) is 0. The van der Waals surface area contributed by atoms with Gasteiger partial charge in [0.15, 0.2) is 0 Å². The van der Waals surface area contributed by atoms with Gasteiger partial charge < -0.3 is 0 Å². The van der Waals surface area contributed by atoms with E-state index in [-0.39, 0.29) is 0 Å². The fourth-order valence-corrected chi connectivity index (χ4v) is 15.6. The second kappa shape index (κ2) is 8.97. The summed E-state index contributed by atoms with van der Waals surface area (Å²) in [4.78, 5) is 0. The molecule has 3 rings (SSSR count). The van der Waals surface area contributed by atoms with Crippen molar-refractivity contribution < 1.29 is 65.9 Å². The van der Waals surface area contributed by atoms with Gasteiger partial charge in [0.25, 0.3) is 0 Å². The molecule has 0 aliphatic heterocycles. The SMILES string of the molecule is Fc1c(F)c(F)[c]([Sn]([Cl])([c]2c(F)c(F)c(F)c(F)c2F)[c]2c(F)c(F)c(F)c(F)c2F)c(F)c1F. The van der Waals surface area contributed by atoms with E-state index in [1.54, 1.807) is 0 Å². The molecule has 0 saturated heterocycles. The van der Waals surface area contributed by atoms with Crippen LogP contribution in [0.2, 0.25) is 0 Å². The molecule has 0 unspecified atom stereocenters. The number of benzene rings is 3. The maximum absolute atomic E-state index is 14.6. The Morgan fingerprint density at radius 1 is 0.257 bits per heavy atom. The normalized spacial score (nSPS) is 12.0. The molecule has 17 heteroatoms. The third-order valence-electron chi connectivity index (χ3n) is 4.66. The molecule has 0 bridgehead atoms. The van der Waals surface area contributed by atoms with E-state index in [9.17, 15) is 65.9 Å². The first-order chi connectivity index (χ1) is 16.0. The van der Waals surface area contributed by atoms with Crippen LogP contribution in [0.15, 0.2) is 0 Å². The predicted octanol–water partition coefficient (Wildman–Crippen LogP) is 4.98. The monoisotopic (exact) mass is 656 g/mol. The Balaban J connectivity index is 2.78. The molecule has 0 aliphatic carbocycles. The zero-order valence-electron chi connectivity index (χ0n) is 15.5. The van der Waals surface area contributed by atoms with Crippen LogP contribution in [0.4, 0.5) is 65.9 Å². The van der Waals surface area contributed by atoms with Crippen molar-refractivity contribution in [2.75, 3.05) is 0 Å². The van der Waals surface area contributed by atoms with Crippen molar-refractivity contribution in [3.63, 3.8) is 0 Å². The van der Waals surface area contributed by atoms with Crippen molar-refractivity contribution in [2.24, 2.45) is 0 Å². The van der Waals surface area contributed by atoms with Crippen molar-refractivity contribution in [2.45, 2.75) is 0 Å². The van der Waals surface area contributed by atoms with Crippen LogP contribution in [0.3, 0.4) is 0 Å². The molecular weight excluding hydrogens is 655 g/mol. The third-order valence-corrected chi connectivity index (χ3v) is 18.1. The van der Waals surface area contributed by atoms with E-state index in [0.717, 1.165) is 0 Å². The van der Waals surface area contributed by atoms with Crippen molar-refractivity contribution >= 4 is 36.9 Å². The molecule has 0 amide bonds. The van der Waals surface area contributed by atoms with Crippen molar-refractivity contribution in [3.8, 4) is 0 Å². The first-order valence-electron chi connectivity index (χ1n) is 8.27. The van der Waals surface area contributed by atoms with Gasteiger partial charge in [-0.25, -0.2) is 0 Å². The minimum absolute atomic E-state index is 2.72. The molecule has 0 nitrogen and oxygen atoms in total. The molecule has 0 N–H and O–H groups in total. The fraction of sp³-hybridized carbons (Fsp3) is 0. The second-order valence-electron chi connectivity index (χ2n) is 6.49. The molecule has 0 heterocycles. The van der Waals surface area contributed by atoms with Crippen LogP contribution in [0, 0.1) is 87.3 Å². The molecule has 0 atom stereocenters. The van der Waals surface area contributed by atoms with E-state index in [1.165, 1.54) is 0 Å². The first-order valence-corrected chi connectivity index (χ1v) is 16.2. The van der Waals surface area contributed by atoms with Gasteiger partial charge in [0.2, 0.25) is 0 Å². The molecular formula is C18ClF15Sn. The van der Waals surface area contributed by atoms with Gasteiger partial charge in [-0.05, 0) is 0 Å². The van der Waals surface area contributed by atoms with Crippen LogP contribution in [-0.4, -0.2) is 17.3 Å². The zero-order chi connectivity index (χ0) is 26.9. The number of rotatable bonds is 3. The summed E-state index contributed by atoms with van der Waals surface area (Å²) in [6.07, 6.45) is 0. The molecule has 3 aromatic rings. The summed E-state index contributed by atoms with van der Waals surface area (Å²) in [6, 6.07) is 0. The van der Waals surface area contributed by atoms with Gasteiger partial charge in [-0.1, -0.05) is 0 Å². The zero-order valence-corrected chi connectivity index (χ0v) is 19.2. The van der Waals surface area contributed by atoms with Crippen LogP contribution in [0.5, 0.6) is 0 Å². The standard InChI is InChI=1S/3C6F5.ClH.Sn/c3*7-2-1-3(8)5(10)6(11)4(2)9;;/h;;;1H;/q;;;;+1/p-1. The fourth-order valence-electron chi connectivity index (χ4n) is 3.10. The van der Waals surface area contributed by atoms with Gasteiger partial charge in [0.1, 0.15) is 0 Å². The molecule has 0 spiro atoms. The Kier molecular flexibility index (Phi) is 7.00. The summed E-state index contributed by atoms with van der Waals surface area (Å²) in [5.74, 6) is -45.9. The van der Waals surface area contributed by atoms with Gasteiger partial charge >= 0.3 is 190 Å². The summed E-state index contributed by atoms with van der Waals surface area (Å²) in [5, 5.41) is 0. The van der Waals surface area contributed by atoms with E-state index in [1.807, 2.05) is 0 Å². The Hall–Kier alpha value is -2.30. The van der Waals surface area contributed by atoms with Crippen molar-refractivity contribution in [3.05, 3.63) is 87.3 Å². The molecule has 35 heavy (non-hydrogen) atoms. The average Bonchev–Trinajstić information content (AvgIpc) is 2.81. The predicted molar refractivity (Wildman–Crippen MR) is 89.2 cm³/mol. The Morgan fingerprint density at radius 3 is 0.514 bits per heavy atom. The van der Waals surface area contributed by atoms with Crippen LogP contribution in [-0.2, 0) is 0 Å². The number of hydrogen-bond donors (Lipinski definition) is 0. The summed E-state index contributed by atoms with van der Waals surface area (Å²) >= 11 is -8.22. The van der Waals surface area contributed by atoms with Gasteiger partial charge in [-0.2, -0.15) is 0 Å². The Labute approximate surface area is 190 Å². The van der Waals surface area contributed by atoms with Gasteiger partial charge in [-0.15, -0.1) is 0 Å². The van der Waals surface area contributed by atoms with Crippen LogP contribution >= 0.6 is 8.92 Å². The number of halogens is 16. The third kappa shape index (κ3) is 3.64. The second-order valence-corrected chi connectivity index (χ2v) is 18.3. The van der Waals surface area contributed by atoms with Crippen LogP contribution in [0.1, 0.15) is 0 Å². The molecule has 188 valence electrons. The quantitative estimate of drug-likeness (QED) is 0.162. The van der Waals surface area contributed by atoms with E-state index < -0.39 is 115 Å². The van der Waals surface area contributed by atoms with Gasteiger partial charge in [0.05, 0.1) is 0 Å². The minimum atomic E-state index is -8.22. The van der Waals surface area contributed by atoms with Crippen molar-refractivity contribution in [1.29, 1.82) is 0 Å². The van der Waals surface area contributed by atoms with Gasteiger partial charge in [0, 0.05) is 0 Å². The Bertz CT molecular complexity index is 1170. The summed E-state index contributed by atoms with van der Waals surface area (Å²) in [5.41, 5.74) is 0. The van der Waals surface area contributed by atoms with Crippen molar-refractivity contribution in [1.82, 2.24) is 0 Å². The van der Waals surface area contributed by atoms with Gasteiger partial charge in [-0.3, -0.25) is 0 Å². The molecule has 0 aromatic heterocycles. The van der Waals surface area contributed by atoms with E-state index in [0.29, 0.717) is 0 Å². The summed E-state index contributed by atoms with van der Waals surface area (Å²) < 4.78 is 203. The Morgan fingerprint density at radius 2 is 0.371 bits per heavy atom. The first kappa shape index (κ1) is 27.3. The molecule has 0 saturated carbocycles. The summed E-state index contributed by atoms with van der Waals surface area (Å²) in [7, 11) is 5.74. The molecule has 0 aliphatic rings. The maximum atomic E-state index is 14.6. The number of hydrogen-bond acceptors (Lipinski definition) is 0. The van der Waals surface area contributed by atoms with Crippen LogP contribution < -0.4 is 10.7 Å². The van der Waals surface area contributed by atoms with E-state index >= 15 is 0 Å². The van der Waals surface area contributed by atoms with E-state index in [2.05, 4.69) is 0 Å². The van der Waals surface area contributed by atoms with E-state index in [4.69, 9.17) is 8.92 Å². The topological polar surface area (TPSA) is 0 Å². The molecule has 3 aromatic carbocycles. The van der Waals surface area contributed by atoms with Crippen LogP contribution in [0.25, 0.3) is 0 Å². The average molecular weight is 655 g/mol.